The molecule has 3 nitrogen and oxygen atoms in total. The molecule has 0 N–H and O–H groups in total. The molecule has 1 aliphatic heterocycles. The quantitative estimate of drug-likeness (QED) is 0.625. The predicted molar refractivity (Wildman–Crippen MR) is 107 cm³/mol. The highest BCUT2D eigenvalue weighted by Crippen LogP contribution is 2.26. The van der Waals surface area contributed by atoms with Crippen molar-refractivity contribution in [1.29, 1.82) is 0 Å². The average Bonchev–Trinajstić information content (AvgIpc) is 2.69. The molecule has 0 saturated carbocycles. The number of hydrogen-bond acceptors (Lipinski definition) is 2. The maximum Gasteiger partial charge on any atom is 0.243 e. The lowest BCUT2D eigenvalue weighted by atomic mass is 10.0. The fourth-order valence-electron chi connectivity index (χ4n) is 3.35. The lowest BCUT2D eigenvalue weighted by molar-refractivity contribution is 0.441. The van der Waals surface area contributed by atoms with Crippen LogP contribution in [0.4, 0.5) is 4.39 Å². The van der Waals surface area contributed by atoms with Crippen molar-refractivity contribution in [3.63, 3.8) is 0 Å². The van der Waals surface area contributed by atoms with E-state index in [2.05, 4.69) is 6.92 Å². The van der Waals surface area contributed by atoms with Crippen LogP contribution in [0.3, 0.4) is 0 Å². The van der Waals surface area contributed by atoms with Crippen LogP contribution >= 0.6 is 0 Å². The van der Waals surface area contributed by atoms with E-state index in [-0.39, 0.29) is 5.82 Å². The Hall–Kier alpha value is -1.98. The summed E-state index contributed by atoms with van der Waals surface area (Å²) in [4.78, 5) is 0.348. The smallest absolute Gasteiger partial charge is 0.207 e. The summed E-state index contributed by atoms with van der Waals surface area (Å²) >= 11 is 0. The van der Waals surface area contributed by atoms with Gasteiger partial charge in [0.15, 0.2) is 0 Å². The van der Waals surface area contributed by atoms with Crippen LogP contribution in [0.25, 0.3) is 5.57 Å². The van der Waals surface area contributed by atoms with E-state index in [0.717, 1.165) is 24.0 Å². The molecule has 144 valence electrons. The summed E-state index contributed by atoms with van der Waals surface area (Å²) in [6.45, 7) is 2.95. The minimum absolute atomic E-state index is 0.266. The molecule has 27 heavy (non-hydrogen) atoms. The van der Waals surface area contributed by atoms with Gasteiger partial charge in [0.2, 0.25) is 10.0 Å². The fourth-order valence-corrected chi connectivity index (χ4v) is 4.73. The highest BCUT2D eigenvalue weighted by molar-refractivity contribution is 7.89. The molecule has 0 saturated heterocycles. The van der Waals surface area contributed by atoms with Crippen molar-refractivity contribution >= 4 is 15.6 Å². The number of nitrogens with zero attached hydrogens (tertiary/aromatic N) is 1. The summed E-state index contributed by atoms with van der Waals surface area (Å²) in [5, 5.41) is 0. The normalized spacial score (nSPS) is 15.6. The number of sulfonamides is 1. The number of hydrogen-bond donors (Lipinski definition) is 0. The van der Waals surface area contributed by atoms with Gasteiger partial charge in [-0.1, -0.05) is 50.1 Å². The van der Waals surface area contributed by atoms with Gasteiger partial charge in [-0.05, 0) is 60.2 Å². The minimum Gasteiger partial charge on any atom is -0.207 e. The van der Waals surface area contributed by atoms with Gasteiger partial charge >= 0.3 is 0 Å². The second-order valence-corrected chi connectivity index (χ2v) is 8.89. The van der Waals surface area contributed by atoms with E-state index in [0.29, 0.717) is 24.4 Å². The zero-order valence-electron chi connectivity index (χ0n) is 15.7. The first kappa shape index (κ1) is 19.8. The van der Waals surface area contributed by atoms with Crippen LogP contribution < -0.4 is 0 Å². The van der Waals surface area contributed by atoms with Crippen LogP contribution in [0.2, 0.25) is 0 Å². The molecule has 1 heterocycles. The molecule has 1 aliphatic rings. The summed E-state index contributed by atoms with van der Waals surface area (Å²) in [7, 11) is -3.49. The third-order valence-electron chi connectivity index (χ3n) is 5.02. The molecule has 2 aromatic carbocycles. The summed E-state index contributed by atoms with van der Waals surface area (Å²) < 4.78 is 40.4. The first-order chi connectivity index (χ1) is 13.0. The molecule has 3 rings (SSSR count). The summed E-state index contributed by atoms with van der Waals surface area (Å²) in [6, 6.07) is 13.6. The molecule has 0 fully saturated rings. The SMILES string of the molecule is CCCCCc1ccc(S(=O)(=O)N2CC=C(c3ccc(F)cc3)CC2)cc1. The second-order valence-electron chi connectivity index (χ2n) is 6.95. The maximum atomic E-state index is 13.1. The minimum atomic E-state index is -3.49. The Morgan fingerprint density at radius 2 is 1.70 bits per heavy atom. The standard InChI is InChI=1S/C22H26FNO2S/c1-2-3-4-5-18-6-12-22(13-7-18)27(25,26)24-16-14-20(15-17-24)19-8-10-21(23)11-9-19/h6-14H,2-5,15-17H2,1H3. The van der Waals surface area contributed by atoms with E-state index in [1.165, 1.54) is 34.8 Å². The highest BCUT2D eigenvalue weighted by Gasteiger charge is 2.26. The van der Waals surface area contributed by atoms with Crippen molar-refractivity contribution in [1.82, 2.24) is 4.31 Å². The van der Waals surface area contributed by atoms with Crippen LogP contribution in [0.15, 0.2) is 59.5 Å². The summed E-state index contributed by atoms with van der Waals surface area (Å²) in [5.74, 6) is -0.266. The summed E-state index contributed by atoms with van der Waals surface area (Å²) in [5.41, 5.74) is 3.19. The molecule has 0 aliphatic carbocycles. The maximum absolute atomic E-state index is 13.1. The second kappa shape index (κ2) is 8.81. The topological polar surface area (TPSA) is 37.4 Å². The molecule has 0 spiro atoms. The Morgan fingerprint density at radius 3 is 2.30 bits per heavy atom. The van der Waals surface area contributed by atoms with E-state index < -0.39 is 10.0 Å². The van der Waals surface area contributed by atoms with E-state index in [1.807, 2.05) is 18.2 Å². The Balaban J connectivity index is 1.68. The largest absolute Gasteiger partial charge is 0.243 e. The van der Waals surface area contributed by atoms with Crippen LogP contribution in [0.5, 0.6) is 0 Å². The van der Waals surface area contributed by atoms with Gasteiger partial charge in [0.1, 0.15) is 5.82 Å². The van der Waals surface area contributed by atoms with Gasteiger partial charge in [0.25, 0.3) is 0 Å². The first-order valence-electron chi connectivity index (χ1n) is 9.55. The van der Waals surface area contributed by atoms with Gasteiger partial charge < -0.3 is 0 Å². The molecule has 5 heteroatoms. The third-order valence-corrected chi connectivity index (χ3v) is 6.90. The Morgan fingerprint density at radius 1 is 1.00 bits per heavy atom. The van der Waals surface area contributed by atoms with Crippen LogP contribution in [-0.2, 0) is 16.4 Å². The molecule has 0 unspecified atom stereocenters. The van der Waals surface area contributed by atoms with Gasteiger partial charge in [-0.3, -0.25) is 0 Å². The van der Waals surface area contributed by atoms with Crippen molar-refractivity contribution in [2.75, 3.05) is 13.1 Å². The molecule has 2 aromatic rings. The van der Waals surface area contributed by atoms with Crippen molar-refractivity contribution in [2.24, 2.45) is 0 Å². The Bertz CT molecular complexity index is 887. The molecule has 0 radical (unpaired) electrons. The van der Waals surface area contributed by atoms with Crippen molar-refractivity contribution < 1.29 is 12.8 Å². The Labute approximate surface area is 161 Å². The van der Waals surface area contributed by atoms with E-state index in [9.17, 15) is 12.8 Å². The number of rotatable bonds is 7. The predicted octanol–water partition coefficient (Wildman–Crippen LogP) is 5.04. The zero-order chi connectivity index (χ0) is 19.3. The lowest BCUT2D eigenvalue weighted by Gasteiger charge is -2.26. The summed E-state index contributed by atoms with van der Waals surface area (Å²) in [6.07, 6.45) is 7.03. The van der Waals surface area contributed by atoms with E-state index in [4.69, 9.17) is 0 Å². The third kappa shape index (κ3) is 4.85. The molecular formula is C22H26FNO2S. The number of aryl methyl sites for hydroxylation is 1. The fraction of sp³-hybridized carbons (Fsp3) is 0.364. The molecule has 0 amide bonds. The molecule has 0 bridgehead atoms. The van der Waals surface area contributed by atoms with Crippen molar-refractivity contribution in [3.05, 3.63) is 71.6 Å². The lowest BCUT2D eigenvalue weighted by Crippen LogP contribution is -2.34. The molecule has 0 aromatic heterocycles. The highest BCUT2D eigenvalue weighted by atomic mass is 32.2. The van der Waals surface area contributed by atoms with Gasteiger partial charge in [-0.2, -0.15) is 4.31 Å². The van der Waals surface area contributed by atoms with Crippen molar-refractivity contribution in [3.8, 4) is 0 Å². The van der Waals surface area contributed by atoms with Crippen LogP contribution in [-0.4, -0.2) is 25.8 Å². The van der Waals surface area contributed by atoms with E-state index in [1.54, 1.807) is 24.3 Å². The monoisotopic (exact) mass is 387 g/mol. The number of benzene rings is 2. The zero-order valence-corrected chi connectivity index (χ0v) is 16.5. The van der Waals surface area contributed by atoms with Gasteiger partial charge in [0.05, 0.1) is 4.90 Å². The van der Waals surface area contributed by atoms with Gasteiger partial charge in [0, 0.05) is 13.1 Å². The average molecular weight is 388 g/mol. The first-order valence-corrected chi connectivity index (χ1v) is 11.0. The van der Waals surface area contributed by atoms with Crippen LogP contribution in [0.1, 0.15) is 43.7 Å². The Kier molecular flexibility index (Phi) is 6.45. The van der Waals surface area contributed by atoms with Gasteiger partial charge in [-0.15, -0.1) is 0 Å². The van der Waals surface area contributed by atoms with Crippen molar-refractivity contribution in [2.45, 2.75) is 43.9 Å². The number of halogens is 1. The number of unbranched alkanes of at least 4 members (excludes halogenated alkanes) is 2. The molecule has 0 atom stereocenters. The van der Waals surface area contributed by atoms with Gasteiger partial charge in [-0.25, -0.2) is 12.8 Å². The molecular weight excluding hydrogens is 361 g/mol. The van der Waals surface area contributed by atoms with E-state index >= 15 is 0 Å². The van der Waals surface area contributed by atoms with Crippen LogP contribution in [0, 0.1) is 5.82 Å².